The van der Waals surface area contributed by atoms with Crippen LogP contribution in [0.3, 0.4) is 0 Å². The third kappa shape index (κ3) is 3.54. The fourth-order valence-corrected chi connectivity index (χ4v) is 3.54. The molecule has 1 aliphatic rings. The van der Waals surface area contributed by atoms with Crippen molar-refractivity contribution < 1.29 is 4.74 Å². The topological polar surface area (TPSA) is 21.3 Å². The van der Waals surface area contributed by atoms with E-state index in [4.69, 9.17) is 4.74 Å². The highest BCUT2D eigenvalue weighted by molar-refractivity contribution is 5.40. The van der Waals surface area contributed by atoms with E-state index in [-0.39, 0.29) is 0 Å². The molecular weight excluding hydrogens is 246 g/mol. The van der Waals surface area contributed by atoms with Crippen molar-refractivity contribution in [2.45, 2.75) is 46.0 Å². The molecule has 1 aromatic carbocycles. The number of ether oxygens (including phenoxy) is 1. The van der Waals surface area contributed by atoms with Gasteiger partial charge in [-0.3, -0.25) is 0 Å². The predicted molar refractivity (Wildman–Crippen MR) is 85.5 cm³/mol. The van der Waals surface area contributed by atoms with Gasteiger partial charge in [0.25, 0.3) is 0 Å². The highest BCUT2D eigenvalue weighted by atomic mass is 16.5. The van der Waals surface area contributed by atoms with Crippen LogP contribution in [0, 0.1) is 18.8 Å². The molecule has 20 heavy (non-hydrogen) atoms. The first-order valence-electron chi connectivity index (χ1n) is 8.01. The van der Waals surface area contributed by atoms with Gasteiger partial charge in [0.2, 0.25) is 0 Å². The van der Waals surface area contributed by atoms with Gasteiger partial charge in [-0.1, -0.05) is 38.0 Å². The molecule has 1 aliphatic carbocycles. The lowest BCUT2D eigenvalue weighted by Gasteiger charge is -2.36. The minimum Gasteiger partial charge on any atom is -0.496 e. The van der Waals surface area contributed by atoms with Gasteiger partial charge in [-0.25, -0.2) is 0 Å². The molecule has 0 spiro atoms. The molecule has 0 saturated heterocycles. The number of nitrogens with one attached hydrogen (secondary N) is 1. The van der Waals surface area contributed by atoms with Crippen molar-refractivity contribution in [1.82, 2.24) is 5.32 Å². The molecule has 3 unspecified atom stereocenters. The van der Waals surface area contributed by atoms with E-state index in [9.17, 15) is 0 Å². The summed E-state index contributed by atoms with van der Waals surface area (Å²) < 4.78 is 5.62. The van der Waals surface area contributed by atoms with E-state index in [2.05, 4.69) is 44.3 Å². The average molecular weight is 275 g/mol. The quantitative estimate of drug-likeness (QED) is 0.872. The van der Waals surface area contributed by atoms with Crippen LogP contribution in [-0.2, 0) is 0 Å². The maximum Gasteiger partial charge on any atom is 0.122 e. The molecule has 1 aromatic rings. The fourth-order valence-electron chi connectivity index (χ4n) is 3.54. The zero-order valence-electron chi connectivity index (χ0n) is 13.4. The van der Waals surface area contributed by atoms with E-state index < -0.39 is 0 Å². The van der Waals surface area contributed by atoms with Crippen molar-refractivity contribution in [3.63, 3.8) is 0 Å². The summed E-state index contributed by atoms with van der Waals surface area (Å²) in [4.78, 5) is 0. The minimum atomic E-state index is 0.632. The van der Waals surface area contributed by atoms with Crippen molar-refractivity contribution in [2.24, 2.45) is 11.8 Å². The van der Waals surface area contributed by atoms with E-state index in [0.717, 1.165) is 30.7 Å². The Labute approximate surface area is 123 Å². The molecule has 0 heterocycles. The van der Waals surface area contributed by atoms with Crippen molar-refractivity contribution >= 4 is 0 Å². The molecule has 2 nitrogen and oxygen atoms in total. The Bertz CT molecular complexity index is 427. The fraction of sp³-hybridized carbons (Fsp3) is 0.667. The lowest BCUT2D eigenvalue weighted by atomic mass is 9.71. The van der Waals surface area contributed by atoms with E-state index >= 15 is 0 Å². The second-order valence-electron chi connectivity index (χ2n) is 6.34. The lowest BCUT2D eigenvalue weighted by Crippen LogP contribution is -2.31. The third-order valence-electron chi connectivity index (χ3n) is 4.70. The largest absolute Gasteiger partial charge is 0.496 e. The lowest BCUT2D eigenvalue weighted by molar-refractivity contribution is 0.238. The van der Waals surface area contributed by atoms with Crippen molar-refractivity contribution in [1.29, 1.82) is 0 Å². The Hall–Kier alpha value is -1.02. The Balaban J connectivity index is 2.27. The summed E-state index contributed by atoms with van der Waals surface area (Å²) in [6.45, 7) is 8.94. The molecule has 0 radical (unpaired) electrons. The van der Waals surface area contributed by atoms with E-state index in [1.807, 2.05) is 0 Å². The van der Waals surface area contributed by atoms with Crippen LogP contribution >= 0.6 is 0 Å². The van der Waals surface area contributed by atoms with Crippen LogP contribution in [0.4, 0.5) is 0 Å². The second kappa shape index (κ2) is 7.12. The van der Waals surface area contributed by atoms with Crippen LogP contribution < -0.4 is 10.1 Å². The van der Waals surface area contributed by atoms with Crippen molar-refractivity contribution in [3.05, 3.63) is 29.3 Å². The van der Waals surface area contributed by atoms with E-state index in [1.165, 1.54) is 30.4 Å². The van der Waals surface area contributed by atoms with E-state index in [1.54, 1.807) is 7.11 Å². The van der Waals surface area contributed by atoms with Gasteiger partial charge < -0.3 is 10.1 Å². The van der Waals surface area contributed by atoms with Crippen LogP contribution in [0.25, 0.3) is 0 Å². The van der Waals surface area contributed by atoms with Gasteiger partial charge in [0.1, 0.15) is 5.75 Å². The smallest absolute Gasteiger partial charge is 0.122 e. The minimum absolute atomic E-state index is 0.632. The Morgan fingerprint density at radius 3 is 2.80 bits per heavy atom. The highest BCUT2D eigenvalue weighted by Gasteiger charge is 2.31. The standard InChI is InChI=1S/C18H29NO/c1-5-19-12-15-8-6-13(2)10-16(15)17-11-14(3)7-9-18(17)20-4/h7,9,11,13,15-16,19H,5-6,8,10,12H2,1-4H3. The molecule has 3 atom stereocenters. The number of hydrogen-bond donors (Lipinski definition) is 1. The number of hydrogen-bond acceptors (Lipinski definition) is 2. The summed E-state index contributed by atoms with van der Waals surface area (Å²) in [6.07, 6.45) is 3.98. The molecule has 0 bridgehead atoms. The first kappa shape index (κ1) is 15.4. The normalized spacial score (nSPS) is 26.5. The highest BCUT2D eigenvalue weighted by Crippen LogP contribution is 2.43. The van der Waals surface area contributed by atoms with Crippen LogP contribution in [0.2, 0.25) is 0 Å². The van der Waals surface area contributed by atoms with Crippen LogP contribution in [-0.4, -0.2) is 20.2 Å². The summed E-state index contributed by atoms with van der Waals surface area (Å²) in [6, 6.07) is 6.61. The Morgan fingerprint density at radius 1 is 1.30 bits per heavy atom. The molecule has 0 amide bonds. The maximum absolute atomic E-state index is 5.62. The summed E-state index contributed by atoms with van der Waals surface area (Å²) in [5.41, 5.74) is 2.75. The number of rotatable bonds is 5. The van der Waals surface area contributed by atoms with Crippen molar-refractivity contribution in [3.8, 4) is 5.75 Å². The van der Waals surface area contributed by atoms with Gasteiger partial charge in [0.15, 0.2) is 0 Å². The average Bonchev–Trinajstić information content (AvgIpc) is 2.46. The molecule has 1 saturated carbocycles. The number of methoxy groups -OCH3 is 1. The Kier molecular flexibility index (Phi) is 5.47. The summed E-state index contributed by atoms with van der Waals surface area (Å²) in [5, 5.41) is 3.54. The van der Waals surface area contributed by atoms with Gasteiger partial charge in [0.05, 0.1) is 7.11 Å². The summed E-state index contributed by atoms with van der Waals surface area (Å²) in [5.74, 6) is 3.26. The molecule has 0 aliphatic heterocycles. The zero-order valence-corrected chi connectivity index (χ0v) is 13.4. The van der Waals surface area contributed by atoms with Crippen molar-refractivity contribution in [2.75, 3.05) is 20.2 Å². The second-order valence-corrected chi connectivity index (χ2v) is 6.34. The summed E-state index contributed by atoms with van der Waals surface area (Å²) >= 11 is 0. The van der Waals surface area contributed by atoms with Crippen LogP contribution in [0.1, 0.15) is 50.2 Å². The van der Waals surface area contributed by atoms with Gasteiger partial charge in [-0.15, -0.1) is 0 Å². The first-order chi connectivity index (χ1) is 9.65. The van der Waals surface area contributed by atoms with Gasteiger partial charge in [-0.05, 0) is 62.2 Å². The SMILES string of the molecule is CCNCC1CCC(C)CC1c1cc(C)ccc1OC. The number of aryl methyl sites for hydroxylation is 1. The zero-order chi connectivity index (χ0) is 14.5. The molecule has 0 aromatic heterocycles. The van der Waals surface area contributed by atoms with Gasteiger partial charge >= 0.3 is 0 Å². The molecule has 112 valence electrons. The molecule has 2 heteroatoms. The predicted octanol–water partition coefficient (Wildman–Crippen LogP) is 4.13. The van der Waals surface area contributed by atoms with Crippen LogP contribution in [0.15, 0.2) is 18.2 Å². The van der Waals surface area contributed by atoms with E-state index in [0.29, 0.717) is 5.92 Å². The van der Waals surface area contributed by atoms with Gasteiger partial charge in [-0.2, -0.15) is 0 Å². The molecule has 1 N–H and O–H groups in total. The third-order valence-corrected chi connectivity index (χ3v) is 4.70. The first-order valence-corrected chi connectivity index (χ1v) is 8.01. The Morgan fingerprint density at radius 2 is 2.10 bits per heavy atom. The monoisotopic (exact) mass is 275 g/mol. The summed E-state index contributed by atoms with van der Waals surface area (Å²) in [7, 11) is 1.79. The molecule has 1 fully saturated rings. The van der Waals surface area contributed by atoms with Crippen LogP contribution in [0.5, 0.6) is 5.75 Å². The van der Waals surface area contributed by atoms with Gasteiger partial charge in [0, 0.05) is 0 Å². The molecule has 2 rings (SSSR count). The number of benzene rings is 1. The maximum atomic E-state index is 5.62. The molecular formula is C18H29NO.